The molecule has 114 valence electrons. The zero-order chi connectivity index (χ0) is 14.6. The third-order valence-electron chi connectivity index (χ3n) is 3.65. The Labute approximate surface area is 123 Å². The Balaban J connectivity index is 2.27. The van der Waals surface area contributed by atoms with E-state index in [-0.39, 0.29) is 11.9 Å². The molecule has 20 heavy (non-hydrogen) atoms. The van der Waals surface area contributed by atoms with E-state index in [1.165, 1.54) is 57.2 Å². The molecule has 1 heterocycles. The maximum Gasteiger partial charge on any atom is 0.141 e. The minimum absolute atomic E-state index is 0.260. The van der Waals surface area contributed by atoms with Crippen LogP contribution in [0.3, 0.4) is 0 Å². The molecule has 1 aromatic rings. The van der Waals surface area contributed by atoms with Gasteiger partial charge in [0.1, 0.15) is 5.82 Å². The van der Waals surface area contributed by atoms with Crippen LogP contribution >= 0.6 is 0 Å². The van der Waals surface area contributed by atoms with E-state index in [9.17, 15) is 4.39 Å². The summed E-state index contributed by atoms with van der Waals surface area (Å²) in [6.45, 7) is 5.26. The van der Waals surface area contributed by atoms with Crippen LogP contribution in [-0.2, 0) is 0 Å². The van der Waals surface area contributed by atoms with E-state index in [0.29, 0.717) is 0 Å². The van der Waals surface area contributed by atoms with Gasteiger partial charge in [-0.2, -0.15) is 0 Å². The molecular formula is C17H29FN2. The molecular weight excluding hydrogens is 251 g/mol. The molecule has 2 nitrogen and oxygen atoms in total. The molecule has 0 fully saturated rings. The molecule has 3 heteroatoms. The van der Waals surface area contributed by atoms with E-state index < -0.39 is 0 Å². The van der Waals surface area contributed by atoms with Gasteiger partial charge in [-0.25, -0.2) is 4.39 Å². The zero-order valence-corrected chi connectivity index (χ0v) is 13.0. The second-order valence-electron chi connectivity index (χ2n) is 5.42. The number of hydrogen-bond donors (Lipinski definition) is 1. The summed E-state index contributed by atoms with van der Waals surface area (Å²) in [7, 11) is 0. The van der Waals surface area contributed by atoms with Gasteiger partial charge < -0.3 is 5.32 Å². The van der Waals surface area contributed by atoms with Crippen molar-refractivity contribution in [2.75, 3.05) is 6.54 Å². The topological polar surface area (TPSA) is 24.9 Å². The number of halogens is 1. The van der Waals surface area contributed by atoms with Crippen molar-refractivity contribution < 1.29 is 4.39 Å². The zero-order valence-electron chi connectivity index (χ0n) is 13.0. The summed E-state index contributed by atoms with van der Waals surface area (Å²) in [6, 6.07) is 3.55. The number of nitrogens with one attached hydrogen (secondary N) is 1. The van der Waals surface area contributed by atoms with Crippen LogP contribution in [0.15, 0.2) is 18.3 Å². The number of pyridine rings is 1. The molecule has 0 bridgehead atoms. The lowest BCUT2D eigenvalue weighted by Gasteiger charge is -2.17. The van der Waals surface area contributed by atoms with Crippen LogP contribution < -0.4 is 5.32 Å². The Hall–Kier alpha value is -0.960. The second-order valence-corrected chi connectivity index (χ2v) is 5.42. The highest BCUT2D eigenvalue weighted by atomic mass is 19.1. The number of nitrogens with zero attached hydrogens (tertiary/aromatic N) is 1. The van der Waals surface area contributed by atoms with Crippen molar-refractivity contribution in [3.63, 3.8) is 0 Å². The van der Waals surface area contributed by atoms with Gasteiger partial charge in [-0.15, -0.1) is 0 Å². The van der Waals surface area contributed by atoms with E-state index in [1.54, 1.807) is 6.07 Å². The summed E-state index contributed by atoms with van der Waals surface area (Å²) >= 11 is 0. The first-order chi connectivity index (χ1) is 9.77. The molecule has 1 N–H and O–H groups in total. The van der Waals surface area contributed by atoms with Crippen molar-refractivity contribution in [1.29, 1.82) is 0 Å². The molecule has 0 aromatic carbocycles. The molecule has 1 atom stereocenters. The van der Waals surface area contributed by atoms with Gasteiger partial charge in [0, 0.05) is 6.04 Å². The molecule has 0 amide bonds. The molecule has 0 spiro atoms. The normalized spacial score (nSPS) is 12.6. The Kier molecular flexibility index (Phi) is 9.22. The van der Waals surface area contributed by atoms with Gasteiger partial charge >= 0.3 is 0 Å². The van der Waals surface area contributed by atoms with Crippen LogP contribution in [0.25, 0.3) is 0 Å². The van der Waals surface area contributed by atoms with Gasteiger partial charge in [0.15, 0.2) is 0 Å². The van der Waals surface area contributed by atoms with Crippen LogP contribution in [0.1, 0.15) is 76.9 Å². The largest absolute Gasteiger partial charge is 0.309 e. The predicted octanol–water partition coefficient (Wildman–Crippen LogP) is 5.01. The SMILES string of the molecule is CCCCCCCCCC(NCC)c1ccc(F)cn1. The monoisotopic (exact) mass is 280 g/mol. The van der Waals surface area contributed by atoms with E-state index in [4.69, 9.17) is 0 Å². The summed E-state index contributed by atoms with van der Waals surface area (Å²) in [5, 5.41) is 3.44. The van der Waals surface area contributed by atoms with Gasteiger partial charge in [0.25, 0.3) is 0 Å². The third-order valence-corrected chi connectivity index (χ3v) is 3.65. The Morgan fingerprint density at radius 1 is 1.05 bits per heavy atom. The van der Waals surface area contributed by atoms with E-state index in [1.807, 2.05) is 0 Å². The first kappa shape index (κ1) is 17.1. The Morgan fingerprint density at radius 3 is 2.35 bits per heavy atom. The lowest BCUT2D eigenvalue weighted by atomic mass is 10.0. The predicted molar refractivity (Wildman–Crippen MR) is 83.2 cm³/mol. The van der Waals surface area contributed by atoms with Crippen LogP contribution in [0.2, 0.25) is 0 Å². The first-order valence-corrected chi connectivity index (χ1v) is 8.12. The van der Waals surface area contributed by atoms with Crippen molar-refractivity contribution in [2.45, 2.75) is 71.3 Å². The lowest BCUT2D eigenvalue weighted by molar-refractivity contribution is 0.466. The van der Waals surface area contributed by atoms with E-state index in [2.05, 4.69) is 24.1 Å². The minimum Gasteiger partial charge on any atom is -0.309 e. The molecule has 0 saturated carbocycles. The molecule has 1 unspecified atom stereocenters. The molecule has 0 saturated heterocycles. The van der Waals surface area contributed by atoms with Gasteiger partial charge in [0.05, 0.1) is 11.9 Å². The highest BCUT2D eigenvalue weighted by molar-refractivity contribution is 5.09. The van der Waals surface area contributed by atoms with Crippen molar-refractivity contribution in [3.8, 4) is 0 Å². The summed E-state index contributed by atoms with van der Waals surface area (Å²) in [6.07, 6.45) is 11.6. The van der Waals surface area contributed by atoms with Crippen LogP contribution in [-0.4, -0.2) is 11.5 Å². The second kappa shape index (κ2) is 10.8. The number of rotatable bonds is 11. The smallest absolute Gasteiger partial charge is 0.141 e. The van der Waals surface area contributed by atoms with Crippen LogP contribution in [0, 0.1) is 5.82 Å². The average molecular weight is 280 g/mol. The van der Waals surface area contributed by atoms with Gasteiger partial charge in [0.2, 0.25) is 0 Å². The quantitative estimate of drug-likeness (QED) is 0.576. The molecule has 0 aliphatic carbocycles. The number of hydrogen-bond acceptors (Lipinski definition) is 2. The Morgan fingerprint density at radius 2 is 1.75 bits per heavy atom. The van der Waals surface area contributed by atoms with Crippen LogP contribution in [0.4, 0.5) is 4.39 Å². The highest BCUT2D eigenvalue weighted by Crippen LogP contribution is 2.19. The van der Waals surface area contributed by atoms with Crippen molar-refractivity contribution in [2.24, 2.45) is 0 Å². The molecule has 1 aromatic heterocycles. The molecule has 0 aliphatic rings. The van der Waals surface area contributed by atoms with Gasteiger partial charge in [-0.3, -0.25) is 4.98 Å². The van der Waals surface area contributed by atoms with E-state index in [0.717, 1.165) is 18.7 Å². The van der Waals surface area contributed by atoms with Crippen molar-refractivity contribution in [1.82, 2.24) is 10.3 Å². The maximum absolute atomic E-state index is 12.9. The summed E-state index contributed by atoms with van der Waals surface area (Å²) in [4.78, 5) is 4.20. The summed E-state index contributed by atoms with van der Waals surface area (Å²) in [5.41, 5.74) is 0.958. The fourth-order valence-electron chi connectivity index (χ4n) is 2.50. The highest BCUT2D eigenvalue weighted by Gasteiger charge is 2.11. The van der Waals surface area contributed by atoms with E-state index >= 15 is 0 Å². The van der Waals surface area contributed by atoms with Gasteiger partial charge in [-0.05, 0) is 25.1 Å². The summed E-state index contributed by atoms with van der Waals surface area (Å²) in [5.74, 6) is -0.264. The lowest BCUT2D eigenvalue weighted by Crippen LogP contribution is -2.21. The molecule has 1 rings (SSSR count). The first-order valence-electron chi connectivity index (χ1n) is 8.12. The van der Waals surface area contributed by atoms with Crippen molar-refractivity contribution >= 4 is 0 Å². The number of aromatic nitrogens is 1. The van der Waals surface area contributed by atoms with Gasteiger partial charge in [-0.1, -0.05) is 58.8 Å². The maximum atomic E-state index is 12.9. The molecule has 0 radical (unpaired) electrons. The number of unbranched alkanes of at least 4 members (excludes halogenated alkanes) is 6. The fraction of sp³-hybridized carbons (Fsp3) is 0.706. The Bertz CT molecular complexity index is 337. The average Bonchev–Trinajstić information content (AvgIpc) is 2.46. The fourth-order valence-corrected chi connectivity index (χ4v) is 2.50. The summed E-state index contributed by atoms with van der Waals surface area (Å²) < 4.78 is 12.9. The minimum atomic E-state index is -0.264. The van der Waals surface area contributed by atoms with Crippen molar-refractivity contribution in [3.05, 3.63) is 29.8 Å². The molecule has 0 aliphatic heterocycles. The van der Waals surface area contributed by atoms with Crippen LogP contribution in [0.5, 0.6) is 0 Å². The standard InChI is InChI=1S/C17H29FN2/c1-3-5-6-7-8-9-10-11-16(19-4-2)17-13-12-15(18)14-20-17/h12-14,16,19H,3-11H2,1-2H3. The third kappa shape index (κ3) is 6.99.